The van der Waals surface area contributed by atoms with Gasteiger partial charge in [-0.3, -0.25) is 19.9 Å². The summed E-state index contributed by atoms with van der Waals surface area (Å²) in [6.45, 7) is 13.9. The number of hydrogen-bond donors (Lipinski definition) is 4. The molecule has 4 aliphatic rings. The lowest BCUT2D eigenvalue weighted by Gasteiger charge is -2.36. The molecule has 10 heteroatoms. The van der Waals surface area contributed by atoms with Crippen molar-refractivity contribution in [3.63, 3.8) is 0 Å². The van der Waals surface area contributed by atoms with Crippen molar-refractivity contribution in [1.82, 2.24) is 26.0 Å². The van der Waals surface area contributed by atoms with Crippen LogP contribution in [-0.2, 0) is 9.53 Å². The minimum atomic E-state index is -0.207. The standard InChI is InChI=1S/C32H53N7O3/c1-21-15-22(2)36-32(41)29(21)19-34-31(40)28-16-24(17-30(23(28)3)37(4)27-7-5-26(33)6-8-27)25-18-35-39(20-25)10-9-38-11-13-42-14-12-38/h16-17,21-22,25-27,29,35H,5-15,18-20,33H2,1-4H3,(H,34,40)(H,36,41)/t21?,22?,25?,26-,27+,29?. The fourth-order valence-electron chi connectivity index (χ4n) is 7.34. The van der Waals surface area contributed by atoms with Crippen molar-refractivity contribution in [2.24, 2.45) is 17.6 Å². The molecule has 3 aliphatic heterocycles. The first kappa shape index (κ1) is 31.2. The van der Waals surface area contributed by atoms with E-state index in [-0.39, 0.29) is 29.7 Å². The number of morpholine rings is 1. The lowest BCUT2D eigenvalue weighted by Crippen LogP contribution is -2.50. The zero-order valence-electron chi connectivity index (χ0n) is 26.2. The average molecular weight is 584 g/mol. The van der Waals surface area contributed by atoms with Crippen LogP contribution in [0.1, 0.15) is 73.4 Å². The Morgan fingerprint density at radius 1 is 1.14 bits per heavy atom. The first-order valence-corrected chi connectivity index (χ1v) is 16.2. The predicted octanol–water partition coefficient (Wildman–Crippen LogP) is 1.83. The van der Waals surface area contributed by atoms with Crippen LogP contribution in [0, 0.1) is 18.8 Å². The van der Waals surface area contributed by atoms with Crippen molar-refractivity contribution in [1.29, 1.82) is 0 Å². The second kappa shape index (κ2) is 14.0. The van der Waals surface area contributed by atoms with Crippen molar-refractivity contribution in [2.75, 3.05) is 71.0 Å². The highest BCUT2D eigenvalue weighted by molar-refractivity contribution is 5.97. The van der Waals surface area contributed by atoms with Gasteiger partial charge < -0.3 is 26.0 Å². The van der Waals surface area contributed by atoms with Crippen LogP contribution in [0.2, 0.25) is 0 Å². The van der Waals surface area contributed by atoms with Gasteiger partial charge in [0.2, 0.25) is 5.91 Å². The van der Waals surface area contributed by atoms with Crippen molar-refractivity contribution in [3.05, 3.63) is 28.8 Å². The number of ether oxygens (including phenoxy) is 1. The van der Waals surface area contributed by atoms with Crippen molar-refractivity contribution >= 4 is 17.5 Å². The summed E-state index contributed by atoms with van der Waals surface area (Å²) in [4.78, 5) is 31.3. The summed E-state index contributed by atoms with van der Waals surface area (Å²) in [5, 5.41) is 8.53. The molecule has 234 valence electrons. The molecule has 4 atom stereocenters. The van der Waals surface area contributed by atoms with Crippen LogP contribution in [0.15, 0.2) is 12.1 Å². The predicted molar refractivity (Wildman–Crippen MR) is 167 cm³/mol. The summed E-state index contributed by atoms with van der Waals surface area (Å²) >= 11 is 0. The van der Waals surface area contributed by atoms with E-state index in [1.807, 2.05) is 6.92 Å². The Balaban J connectivity index is 1.32. The number of hydrogen-bond acceptors (Lipinski definition) is 8. The van der Waals surface area contributed by atoms with E-state index in [4.69, 9.17) is 10.5 Å². The molecule has 5 N–H and O–H groups in total. The maximum absolute atomic E-state index is 13.8. The number of carbonyl (C=O) groups excluding carboxylic acids is 2. The number of benzene rings is 1. The molecular weight excluding hydrogens is 530 g/mol. The van der Waals surface area contributed by atoms with Gasteiger partial charge in [-0.25, -0.2) is 5.01 Å². The second-order valence-electron chi connectivity index (χ2n) is 13.3. The number of anilines is 1. The number of rotatable bonds is 9. The van der Waals surface area contributed by atoms with E-state index in [1.54, 1.807) is 0 Å². The average Bonchev–Trinajstić information content (AvgIpc) is 3.45. The molecule has 1 aromatic rings. The van der Waals surface area contributed by atoms with Gasteiger partial charge in [-0.15, -0.1) is 0 Å². The van der Waals surface area contributed by atoms with Crippen molar-refractivity contribution in [3.8, 4) is 0 Å². The van der Waals surface area contributed by atoms with Crippen LogP contribution in [0.25, 0.3) is 0 Å². The highest BCUT2D eigenvalue weighted by Crippen LogP contribution is 2.34. The Morgan fingerprint density at radius 2 is 1.88 bits per heavy atom. The Bertz CT molecular complexity index is 1090. The van der Waals surface area contributed by atoms with Gasteiger partial charge in [-0.1, -0.05) is 6.92 Å². The summed E-state index contributed by atoms with van der Waals surface area (Å²) in [6, 6.07) is 5.30. The minimum absolute atomic E-state index is 0.0390. The molecule has 3 saturated heterocycles. The number of piperidine rings is 1. The first-order valence-electron chi connectivity index (χ1n) is 16.2. The summed E-state index contributed by atoms with van der Waals surface area (Å²) in [6.07, 6.45) is 5.13. The third-order valence-electron chi connectivity index (χ3n) is 10.2. The Kier molecular flexibility index (Phi) is 10.4. The second-order valence-corrected chi connectivity index (χ2v) is 13.3. The van der Waals surface area contributed by atoms with Gasteiger partial charge >= 0.3 is 0 Å². The van der Waals surface area contributed by atoms with E-state index in [0.717, 1.165) is 95.8 Å². The third-order valence-corrected chi connectivity index (χ3v) is 10.2. The number of nitrogens with one attached hydrogen (secondary N) is 3. The number of nitrogens with zero attached hydrogens (tertiary/aromatic N) is 3. The fourth-order valence-corrected chi connectivity index (χ4v) is 7.34. The molecule has 4 fully saturated rings. The molecule has 42 heavy (non-hydrogen) atoms. The van der Waals surface area contributed by atoms with E-state index in [1.165, 1.54) is 5.56 Å². The number of carbonyl (C=O) groups is 2. The molecule has 1 saturated carbocycles. The molecule has 0 aromatic heterocycles. The van der Waals surface area contributed by atoms with Crippen LogP contribution < -0.4 is 26.7 Å². The van der Waals surface area contributed by atoms with Gasteiger partial charge in [0.15, 0.2) is 0 Å². The van der Waals surface area contributed by atoms with Gasteiger partial charge in [0.25, 0.3) is 5.91 Å². The maximum Gasteiger partial charge on any atom is 0.251 e. The molecule has 4 unspecified atom stereocenters. The molecule has 0 spiro atoms. The van der Waals surface area contributed by atoms with Gasteiger partial charge in [0.1, 0.15) is 0 Å². The summed E-state index contributed by atoms with van der Waals surface area (Å²) in [5.41, 5.74) is 13.9. The summed E-state index contributed by atoms with van der Waals surface area (Å²) in [5.74, 6) is 0.259. The summed E-state index contributed by atoms with van der Waals surface area (Å²) < 4.78 is 5.50. The van der Waals surface area contributed by atoms with Gasteiger partial charge in [0.05, 0.1) is 19.1 Å². The van der Waals surface area contributed by atoms with Crippen LogP contribution in [0.3, 0.4) is 0 Å². The third kappa shape index (κ3) is 7.45. The number of nitrogens with two attached hydrogens (primary N) is 1. The minimum Gasteiger partial charge on any atom is -0.379 e. The molecule has 3 heterocycles. The molecule has 1 aliphatic carbocycles. The van der Waals surface area contributed by atoms with E-state index in [0.29, 0.717) is 30.1 Å². The van der Waals surface area contributed by atoms with Crippen molar-refractivity contribution < 1.29 is 14.3 Å². The first-order chi connectivity index (χ1) is 20.2. The molecular formula is C32H53N7O3. The van der Waals surface area contributed by atoms with E-state index < -0.39 is 0 Å². The van der Waals surface area contributed by atoms with Crippen LogP contribution in [0.4, 0.5) is 5.69 Å². The van der Waals surface area contributed by atoms with Crippen LogP contribution >= 0.6 is 0 Å². The van der Waals surface area contributed by atoms with Crippen LogP contribution in [0.5, 0.6) is 0 Å². The Morgan fingerprint density at radius 3 is 2.60 bits per heavy atom. The van der Waals surface area contributed by atoms with E-state index >= 15 is 0 Å². The molecule has 1 aromatic carbocycles. The number of amides is 2. The molecule has 0 radical (unpaired) electrons. The normalized spacial score (nSPS) is 31.1. The molecule has 10 nitrogen and oxygen atoms in total. The molecule has 2 amide bonds. The van der Waals surface area contributed by atoms with Gasteiger partial charge in [-0.2, -0.15) is 0 Å². The molecule has 5 rings (SSSR count). The maximum atomic E-state index is 13.8. The summed E-state index contributed by atoms with van der Waals surface area (Å²) in [7, 11) is 2.17. The zero-order valence-corrected chi connectivity index (χ0v) is 26.2. The molecule has 0 bridgehead atoms. The highest BCUT2D eigenvalue weighted by Gasteiger charge is 2.33. The van der Waals surface area contributed by atoms with Crippen LogP contribution in [-0.4, -0.2) is 106 Å². The van der Waals surface area contributed by atoms with E-state index in [9.17, 15) is 9.59 Å². The van der Waals surface area contributed by atoms with E-state index in [2.05, 4.69) is 63.9 Å². The lowest BCUT2D eigenvalue weighted by atomic mass is 9.84. The lowest BCUT2D eigenvalue weighted by molar-refractivity contribution is -0.129. The van der Waals surface area contributed by atoms with Gasteiger partial charge in [-0.05, 0) is 75.1 Å². The van der Waals surface area contributed by atoms with Gasteiger partial charge in [0, 0.05) is 88.2 Å². The number of hydrazine groups is 1. The zero-order chi connectivity index (χ0) is 29.8. The Labute approximate surface area is 252 Å². The monoisotopic (exact) mass is 583 g/mol. The fraction of sp³-hybridized carbons (Fsp3) is 0.750. The topological polar surface area (TPSA) is 115 Å². The Hall–Kier alpha value is -2.24. The SMILES string of the molecule is Cc1c(C(=O)NCC2C(=O)NC(C)CC2C)cc(C2CNN(CCN3CCOCC3)C2)cc1N(C)[C@H]1CC[C@@H](N)CC1. The highest BCUT2D eigenvalue weighted by atomic mass is 16.5. The quantitative estimate of drug-likeness (QED) is 0.348. The largest absolute Gasteiger partial charge is 0.379 e. The smallest absolute Gasteiger partial charge is 0.251 e. The van der Waals surface area contributed by atoms with Crippen molar-refractivity contribution in [2.45, 2.75) is 76.9 Å².